The number of likely N-dealkylation sites (N-methyl/N-ethyl adjacent to an activating group) is 2. The highest BCUT2D eigenvalue weighted by Crippen LogP contribution is 2.40. The highest BCUT2D eigenvalue weighted by molar-refractivity contribution is 5.80. The van der Waals surface area contributed by atoms with E-state index in [4.69, 9.17) is 0 Å². The molecule has 3 atom stereocenters. The van der Waals surface area contributed by atoms with Crippen LogP contribution in [0.4, 0.5) is 0 Å². The van der Waals surface area contributed by atoms with Gasteiger partial charge in [0.1, 0.15) is 5.54 Å². The van der Waals surface area contributed by atoms with Crippen LogP contribution < -0.4 is 5.32 Å². The van der Waals surface area contributed by atoms with Crippen molar-refractivity contribution in [3.63, 3.8) is 0 Å². The van der Waals surface area contributed by atoms with Crippen LogP contribution >= 0.6 is 0 Å². The number of aliphatic carboxylic acids is 1. The van der Waals surface area contributed by atoms with Gasteiger partial charge in [-0.25, -0.2) is 0 Å². The van der Waals surface area contributed by atoms with Crippen LogP contribution in [-0.4, -0.2) is 71.7 Å². The van der Waals surface area contributed by atoms with Crippen LogP contribution in [0.15, 0.2) is 0 Å². The van der Waals surface area contributed by atoms with Crippen LogP contribution in [0, 0.1) is 5.92 Å². The Morgan fingerprint density at radius 3 is 2.25 bits per heavy atom. The lowest BCUT2D eigenvalue weighted by atomic mass is 9.91. The first-order valence-electron chi connectivity index (χ1n) is 7.83. The van der Waals surface area contributed by atoms with Gasteiger partial charge in [-0.15, -0.1) is 0 Å². The van der Waals surface area contributed by atoms with Crippen molar-refractivity contribution in [1.82, 2.24) is 15.1 Å². The molecule has 5 nitrogen and oxygen atoms in total. The Bertz CT molecular complexity index is 347. The molecule has 1 saturated carbocycles. The minimum Gasteiger partial charge on any atom is -0.480 e. The number of nitrogens with zero attached hydrogens (tertiary/aromatic N) is 2. The Morgan fingerprint density at radius 1 is 1.30 bits per heavy atom. The fourth-order valence-corrected chi connectivity index (χ4v) is 3.53. The molecule has 1 heterocycles. The second-order valence-corrected chi connectivity index (χ2v) is 6.64. The van der Waals surface area contributed by atoms with Crippen molar-refractivity contribution in [3.05, 3.63) is 0 Å². The Morgan fingerprint density at radius 2 is 1.85 bits per heavy atom. The van der Waals surface area contributed by atoms with Gasteiger partial charge in [0.05, 0.1) is 0 Å². The molecule has 0 radical (unpaired) electrons. The molecule has 0 aromatic heterocycles. The van der Waals surface area contributed by atoms with Crippen LogP contribution in [0.3, 0.4) is 0 Å². The number of hydrogen-bond acceptors (Lipinski definition) is 4. The van der Waals surface area contributed by atoms with Gasteiger partial charge in [0.25, 0.3) is 0 Å². The molecule has 0 aromatic rings. The Hall–Kier alpha value is -0.650. The summed E-state index contributed by atoms with van der Waals surface area (Å²) in [7, 11) is 2.16. The van der Waals surface area contributed by atoms with Crippen LogP contribution in [0.1, 0.15) is 33.6 Å². The molecule has 20 heavy (non-hydrogen) atoms. The van der Waals surface area contributed by atoms with Gasteiger partial charge in [-0.2, -0.15) is 0 Å². The van der Waals surface area contributed by atoms with Gasteiger partial charge in [-0.05, 0) is 46.2 Å². The maximum Gasteiger partial charge on any atom is 0.325 e. The smallest absolute Gasteiger partial charge is 0.325 e. The van der Waals surface area contributed by atoms with Crippen molar-refractivity contribution in [2.75, 3.05) is 33.2 Å². The lowest BCUT2D eigenvalue weighted by molar-refractivity contribution is -0.147. The van der Waals surface area contributed by atoms with Crippen molar-refractivity contribution in [3.8, 4) is 0 Å². The Kier molecular flexibility index (Phi) is 4.72. The van der Waals surface area contributed by atoms with E-state index in [9.17, 15) is 9.90 Å². The van der Waals surface area contributed by atoms with Gasteiger partial charge >= 0.3 is 5.97 Å². The molecule has 0 bridgehead atoms. The molecule has 2 fully saturated rings. The van der Waals surface area contributed by atoms with E-state index < -0.39 is 11.5 Å². The number of nitrogens with one attached hydrogen (secondary N) is 1. The maximum absolute atomic E-state index is 11.9. The fraction of sp³-hybridized carbons (Fsp3) is 0.933. The monoisotopic (exact) mass is 283 g/mol. The number of carbonyl (C=O) groups is 1. The maximum atomic E-state index is 11.9. The van der Waals surface area contributed by atoms with Crippen LogP contribution in [0.5, 0.6) is 0 Å². The van der Waals surface area contributed by atoms with Crippen LogP contribution in [0.2, 0.25) is 0 Å². The summed E-state index contributed by atoms with van der Waals surface area (Å²) >= 11 is 0. The molecular formula is C15H29N3O2. The molecule has 2 rings (SSSR count). The highest BCUT2D eigenvalue weighted by atomic mass is 16.4. The molecule has 116 valence electrons. The van der Waals surface area contributed by atoms with Crippen molar-refractivity contribution >= 4 is 5.97 Å². The minimum absolute atomic E-state index is 0.296. The lowest BCUT2D eigenvalue weighted by Gasteiger charge is -2.45. The third-order valence-electron chi connectivity index (χ3n) is 5.06. The topological polar surface area (TPSA) is 55.8 Å². The molecule has 2 aliphatic rings. The van der Waals surface area contributed by atoms with E-state index in [1.54, 1.807) is 0 Å². The van der Waals surface area contributed by atoms with Gasteiger partial charge in [0.15, 0.2) is 0 Å². The average Bonchev–Trinajstić information content (AvgIpc) is 3.19. The number of carboxylic acids is 1. The zero-order chi connectivity index (χ0) is 14.9. The molecule has 0 spiro atoms. The number of rotatable bonds is 6. The molecule has 5 heteroatoms. The average molecular weight is 283 g/mol. The quantitative estimate of drug-likeness (QED) is 0.757. The summed E-state index contributed by atoms with van der Waals surface area (Å²) in [5, 5.41) is 13.1. The predicted octanol–water partition coefficient (Wildman–Crippen LogP) is 0.854. The van der Waals surface area contributed by atoms with Gasteiger partial charge in [0.2, 0.25) is 0 Å². The number of carboxylic acid groups (broad SMARTS) is 1. The molecule has 1 aliphatic heterocycles. The molecule has 0 aromatic carbocycles. The summed E-state index contributed by atoms with van der Waals surface area (Å²) in [5.41, 5.74) is -0.746. The summed E-state index contributed by atoms with van der Waals surface area (Å²) < 4.78 is 0. The highest BCUT2D eigenvalue weighted by Gasteiger charge is 2.52. The van der Waals surface area contributed by atoms with Gasteiger partial charge in [-0.3, -0.25) is 14.6 Å². The molecule has 3 unspecified atom stereocenters. The third kappa shape index (κ3) is 3.00. The largest absolute Gasteiger partial charge is 0.480 e. The van der Waals surface area contributed by atoms with Gasteiger partial charge < -0.3 is 10.4 Å². The lowest BCUT2D eigenvalue weighted by Crippen LogP contribution is -2.64. The predicted molar refractivity (Wildman–Crippen MR) is 79.9 cm³/mol. The first kappa shape index (κ1) is 15.7. The van der Waals surface area contributed by atoms with E-state index in [1.165, 1.54) is 0 Å². The summed E-state index contributed by atoms with van der Waals surface area (Å²) in [6.07, 6.45) is 2.08. The van der Waals surface area contributed by atoms with E-state index in [1.807, 2.05) is 6.92 Å². The van der Waals surface area contributed by atoms with E-state index >= 15 is 0 Å². The summed E-state index contributed by atoms with van der Waals surface area (Å²) in [6.45, 7) is 9.67. The molecular weight excluding hydrogens is 254 g/mol. The first-order chi connectivity index (χ1) is 9.40. The van der Waals surface area contributed by atoms with Crippen LogP contribution in [0.25, 0.3) is 0 Å². The van der Waals surface area contributed by atoms with Crippen LogP contribution in [-0.2, 0) is 4.79 Å². The molecule has 1 saturated heterocycles. The Balaban J connectivity index is 2.10. The van der Waals surface area contributed by atoms with E-state index in [2.05, 4.69) is 36.0 Å². The fourth-order valence-electron chi connectivity index (χ4n) is 3.53. The standard InChI is InChI=1S/C15H29N3O2/c1-5-16-15(14(19)20,13-6-7-13)10-18-8-11(2)17(4)12(3)9-18/h11-13,16H,5-10H2,1-4H3,(H,19,20). The second kappa shape index (κ2) is 6.00. The molecule has 1 aliphatic carbocycles. The normalized spacial score (nSPS) is 32.0. The number of hydrogen-bond donors (Lipinski definition) is 2. The van der Waals surface area contributed by atoms with Crippen molar-refractivity contribution in [2.24, 2.45) is 5.92 Å². The van der Waals surface area contributed by atoms with Crippen molar-refractivity contribution in [2.45, 2.75) is 51.2 Å². The zero-order valence-electron chi connectivity index (χ0n) is 13.2. The van der Waals surface area contributed by atoms with E-state index in [-0.39, 0.29) is 0 Å². The third-order valence-corrected chi connectivity index (χ3v) is 5.06. The molecule has 0 amide bonds. The second-order valence-electron chi connectivity index (χ2n) is 6.64. The first-order valence-corrected chi connectivity index (χ1v) is 7.83. The Labute approximate surface area is 122 Å². The number of piperazine rings is 1. The van der Waals surface area contributed by atoms with Crippen molar-refractivity contribution < 1.29 is 9.90 Å². The van der Waals surface area contributed by atoms with E-state index in [0.717, 1.165) is 25.9 Å². The van der Waals surface area contributed by atoms with E-state index in [0.29, 0.717) is 31.1 Å². The summed E-state index contributed by atoms with van der Waals surface area (Å²) in [5.74, 6) is -0.383. The summed E-state index contributed by atoms with van der Waals surface area (Å²) in [4.78, 5) is 16.6. The zero-order valence-corrected chi connectivity index (χ0v) is 13.2. The van der Waals surface area contributed by atoms with Crippen molar-refractivity contribution in [1.29, 1.82) is 0 Å². The van der Waals surface area contributed by atoms with Gasteiger partial charge in [-0.1, -0.05) is 6.92 Å². The minimum atomic E-state index is -0.746. The van der Waals surface area contributed by atoms with Gasteiger partial charge in [0, 0.05) is 31.7 Å². The summed E-state index contributed by atoms with van der Waals surface area (Å²) in [6, 6.07) is 0.956. The molecule has 2 N–H and O–H groups in total. The SMILES string of the molecule is CCNC(CN1CC(C)N(C)C(C)C1)(C(=O)O)C1CC1.